The highest BCUT2D eigenvalue weighted by atomic mass is 79.9. The van der Waals surface area contributed by atoms with E-state index in [1.54, 1.807) is 0 Å². The summed E-state index contributed by atoms with van der Waals surface area (Å²) in [7, 11) is 0. The summed E-state index contributed by atoms with van der Waals surface area (Å²) in [6, 6.07) is 11.5. The molecule has 0 spiro atoms. The number of hydrogen-bond donors (Lipinski definition) is 1. The van der Waals surface area contributed by atoms with E-state index in [2.05, 4.69) is 37.5 Å². The van der Waals surface area contributed by atoms with E-state index < -0.39 is 0 Å². The lowest BCUT2D eigenvalue weighted by atomic mass is 9.97. The van der Waals surface area contributed by atoms with Crippen molar-refractivity contribution in [2.45, 2.75) is 38.6 Å². The average molecular weight is 455 g/mol. The highest BCUT2D eigenvalue weighted by Crippen LogP contribution is 2.24. The molecular weight excluding hydrogens is 432 g/mol. The lowest BCUT2D eigenvalue weighted by molar-refractivity contribution is -0.121. The van der Waals surface area contributed by atoms with Crippen LogP contribution >= 0.6 is 15.9 Å². The van der Waals surface area contributed by atoms with Crippen molar-refractivity contribution in [2.75, 3.05) is 6.54 Å². The van der Waals surface area contributed by atoms with E-state index >= 15 is 0 Å². The molecule has 6 nitrogen and oxygen atoms in total. The van der Waals surface area contributed by atoms with Crippen LogP contribution in [0.5, 0.6) is 0 Å². The fourth-order valence-electron chi connectivity index (χ4n) is 3.49. The molecule has 0 saturated heterocycles. The number of hydrogen-bond acceptors (Lipinski definition) is 4. The van der Waals surface area contributed by atoms with Gasteiger partial charge in [0.05, 0.1) is 0 Å². The Morgan fingerprint density at radius 3 is 2.86 bits per heavy atom. The average Bonchev–Trinajstić information content (AvgIpc) is 3.39. The molecular formula is C22H23BrN4O2. The fraction of sp³-hybridized carbons (Fsp3) is 0.318. The van der Waals surface area contributed by atoms with Gasteiger partial charge in [0.15, 0.2) is 0 Å². The number of carbonyl (C=O) groups excluding carboxylic acids is 1. The number of amides is 1. The largest absolute Gasteiger partial charge is 0.354 e. The van der Waals surface area contributed by atoms with Crippen molar-refractivity contribution in [2.24, 2.45) is 0 Å². The molecule has 0 radical (unpaired) electrons. The normalized spacial score (nSPS) is 13.9. The second kappa shape index (κ2) is 9.22. The molecule has 0 aliphatic heterocycles. The predicted molar refractivity (Wildman–Crippen MR) is 115 cm³/mol. The molecule has 0 bridgehead atoms. The summed E-state index contributed by atoms with van der Waals surface area (Å²) in [4.78, 5) is 16.9. The van der Waals surface area contributed by atoms with Crippen molar-refractivity contribution in [3.63, 3.8) is 0 Å². The fourth-order valence-corrected chi connectivity index (χ4v) is 3.76. The first-order valence-corrected chi connectivity index (χ1v) is 10.7. The molecule has 150 valence electrons. The van der Waals surface area contributed by atoms with E-state index in [0.29, 0.717) is 18.3 Å². The molecule has 4 rings (SSSR count). The van der Waals surface area contributed by atoms with Gasteiger partial charge in [-0.2, -0.15) is 4.98 Å². The molecule has 7 heteroatoms. The molecule has 3 aromatic rings. The summed E-state index contributed by atoms with van der Waals surface area (Å²) in [6.07, 6.45) is 9.98. The van der Waals surface area contributed by atoms with E-state index in [-0.39, 0.29) is 12.5 Å². The summed E-state index contributed by atoms with van der Waals surface area (Å²) in [5.41, 5.74) is 3.06. The van der Waals surface area contributed by atoms with Gasteiger partial charge in [0.2, 0.25) is 11.7 Å². The molecule has 1 aliphatic rings. The van der Waals surface area contributed by atoms with Gasteiger partial charge in [0.25, 0.3) is 5.89 Å². The van der Waals surface area contributed by atoms with E-state index in [0.717, 1.165) is 28.6 Å². The molecule has 2 aromatic heterocycles. The monoisotopic (exact) mass is 454 g/mol. The van der Waals surface area contributed by atoms with Crippen molar-refractivity contribution < 1.29 is 9.32 Å². The summed E-state index contributed by atoms with van der Waals surface area (Å²) in [6.45, 7) is 0.896. The van der Waals surface area contributed by atoms with Crippen LogP contribution in [0.3, 0.4) is 0 Å². The van der Waals surface area contributed by atoms with Gasteiger partial charge in [-0.25, -0.2) is 0 Å². The molecule has 0 fully saturated rings. The molecule has 29 heavy (non-hydrogen) atoms. The number of halogens is 1. The maximum absolute atomic E-state index is 12.4. The van der Waals surface area contributed by atoms with Crippen molar-refractivity contribution in [1.29, 1.82) is 0 Å². The number of aromatic nitrogens is 3. The number of rotatable bonds is 7. The van der Waals surface area contributed by atoms with Crippen LogP contribution in [0, 0.1) is 0 Å². The van der Waals surface area contributed by atoms with Gasteiger partial charge in [-0.3, -0.25) is 4.79 Å². The zero-order valence-electron chi connectivity index (χ0n) is 16.1. The molecule has 1 aromatic carbocycles. The number of nitrogens with one attached hydrogen (secondary N) is 1. The first kappa shape index (κ1) is 19.6. The lowest BCUT2D eigenvalue weighted by Gasteiger charge is -2.13. The van der Waals surface area contributed by atoms with Crippen LogP contribution in [0.25, 0.3) is 23.0 Å². The Balaban J connectivity index is 1.37. The van der Waals surface area contributed by atoms with Crippen LogP contribution in [0.4, 0.5) is 0 Å². The highest BCUT2D eigenvalue weighted by molar-refractivity contribution is 9.10. The van der Waals surface area contributed by atoms with Crippen LogP contribution in [0.2, 0.25) is 0 Å². The van der Waals surface area contributed by atoms with E-state index in [9.17, 15) is 4.79 Å². The molecule has 1 aliphatic carbocycles. The minimum atomic E-state index is -0.0218. The summed E-state index contributed by atoms with van der Waals surface area (Å²) >= 11 is 3.42. The molecule has 1 N–H and O–H groups in total. The van der Waals surface area contributed by atoms with Crippen LogP contribution in [0.1, 0.15) is 32.1 Å². The standard InChI is InChI=1S/C22H23BrN4O2/c23-18-10-8-17(9-11-18)21-25-22(29-26-21)19-7-4-14-27(19)15-20(28)24-13-12-16-5-2-1-3-6-16/h4-5,7-11,14H,1-3,6,12-13,15H2,(H,24,28). The van der Waals surface area contributed by atoms with Gasteiger partial charge in [-0.1, -0.05) is 32.7 Å². The SMILES string of the molecule is O=C(Cn1cccc1-c1nc(-c2ccc(Br)cc2)no1)NCCC1=CCCCC1. The highest BCUT2D eigenvalue weighted by Gasteiger charge is 2.15. The third-order valence-electron chi connectivity index (χ3n) is 5.04. The maximum atomic E-state index is 12.4. The Bertz CT molecular complexity index is 1000. The van der Waals surface area contributed by atoms with Gasteiger partial charge < -0.3 is 14.4 Å². The first-order valence-electron chi connectivity index (χ1n) is 9.89. The van der Waals surface area contributed by atoms with Crippen LogP contribution in [0.15, 0.2) is 63.2 Å². The Hall–Kier alpha value is -2.67. The summed E-state index contributed by atoms with van der Waals surface area (Å²) in [5, 5.41) is 7.08. The Kier molecular flexibility index (Phi) is 6.24. The quantitative estimate of drug-likeness (QED) is 0.511. The first-order chi connectivity index (χ1) is 14.2. The second-order valence-corrected chi connectivity index (χ2v) is 8.08. The molecule has 0 unspecified atom stereocenters. The van der Waals surface area contributed by atoms with Crippen molar-refractivity contribution in [1.82, 2.24) is 20.0 Å². The van der Waals surface area contributed by atoms with E-state index in [1.165, 1.54) is 24.8 Å². The predicted octanol–water partition coefficient (Wildman–Crippen LogP) is 4.97. The van der Waals surface area contributed by atoms with E-state index in [4.69, 9.17) is 4.52 Å². The summed E-state index contributed by atoms with van der Waals surface area (Å²) in [5.74, 6) is 0.894. The number of nitrogens with zero attached hydrogens (tertiary/aromatic N) is 3. The minimum Gasteiger partial charge on any atom is -0.354 e. The number of allylic oxidation sites excluding steroid dienone is 1. The van der Waals surface area contributed by atoms with Crippen molar-refractivity contribution >= 4 is 21.8 Å². The van der Waals surface area contributed by atoms with Crippen LogP contribution in [-0.4, -0.2) is 27.2 Å². The van der Waals surface area contributed by atoms with Crippen LogP contribution < -0.4 is 5.32 Å². The third-order valence-corrected chi connectivity index (χ3v) is 5.57. The molecule has 2 heterocycles. The number of carbonyl (C=O) groups is 1. The van der Waals surface area contributed by atoms with Crippen molar-refractivity contribution in [3.8, 4) is 23.0 Å². The number of benzene rings is 1. The second-order valence-electron chi connectivity index (χ2n) is 7.16. The molecule has 0 saturated carbocycles. The zero-order valence-corrected chi connectivity index (χ0v) is 17.7. The molecule has 1 amide bonds. The lowest BCUT2D eigenvalue weighted by Crippen LogP contribution is -2.28. The molecule has 0 atom stereocenters. The van der Waals surface area contributed by atoms with Gasteiger partial charge in [-0.15, -0.1) is 0 Å². The van der Waals surface area contributed by atoms with Gasteiger partial charge in [0.1, 0.15) is 12.2 Å². The Labute approximate surface area is 178 Å². The Morgan fingerprint density at radius 1 is 1.21 bits per heavy atom. The van der Waals surface area contributed by atoms with E-state index in [1.807, 2.05) is 47.2 Å². The Morgan fingerprint density at radius 2 is 2.07 bits per heavy atom. The van der Waals surface area contributed by atoms with Gasteiger partial charge in [0, 0.05) is 22.8 Å². The summed E-state index contributed by atoms with van der Waals surface area (Å²) < 4.78 is 8.26. The minimum absolute atomic E-state index is 0.0218. The van der Waals surface area contributed by atoms with Gasteiger partial charge >= 0.3 is 0 Å². The van der Waals surface area contributed by atoms with Gasteiger partial charge in [-0.05, 0) is 68.5 Å². The smallest absolute Gasteiger partial charge is 0.274 e. The topological polar surface area (TPSA) is 73.0 Å². The third kappa shape index (κ3) is 5.03. The zero-order chi connectivity index (χ0) is 20.1. The van der Waals surface area contributed by atoms with Crippen molar-refractivity contribution in [3.05, 3.63) is 58.7 Å². The van der Waals surface area contributed by atoms with Crippen LogP contribution in [-0.2, 0) is 11.3 Å². The maximum Gasteiger partial charge on any atom is 0.274 e.